The van der Waals surface area contributed by atoms with Crippen molar-refractivity contribution in [1.29, 1.82) is 0 Å². The van der Waals surface area contributed by atoms with Gasteiger partial charge in [-0.05, 0) is 70.3 Å². The van der Waals surface area contributed by atoms with Crippen LogP contribution >= 0.6 is 0 Å². The average molecular weight is 488 g/mol. The largest absolute Gasteiger partial charge is 0.367 e. The van der Waals surface area contributed by atoms with Crippen LogP contribution in [-0.2, 0) is 10.0 Å². The molecule has 186 valence electrons. The van der Waals surface area contributed by atoms with Crippen LogP contribution in [0, 0.1) is 13.8 Å². The van der Waals surface area contributed by atoms with Gasteiger partial charge in [0.2, 0.25) is 0 Å². The van der Waals surface area contributed by atoms with Gasteiger partial charge in [-0.15, -0.1) is 0 Å². The van der Waals surface area contributed by atoms with Gasteiger partial charge in [0.15, 0.2) is 0 Å². The van der Waals surface area contributed by atoms with Crippen LogP contribution in [0.5, 0.6) is 0 Å². The Labute approximate surface area is 204 Å². The number of anilines is 2. The summed E-state index contributed by atoms with van der Waals surface area (Å²) in [6.07, 6.45) is 0. The molecule has 2 N–H and O–H groups in total. The molecule has 0 aliphatic carbocycles. The number of carbonyl (C=O) groups excluding carboxylic acids is 1. The molecule has 0 bridgehead atoms. The van der Waals surface area contributed by atoms with E-state index in [2.05, 4.69) is 14.9 Å². The van der Waals surface area contributed by atoms with Gasteiger partial charge >= 0.3 is 0 Å². The lowest BCUT2D eigenvalue weighted by molar-refractivity contribution is 0.0754. The minimum absolute atomic E-state index is 0.108. The molecule has 0 unspecified atom stereocenters. The molecule has 9 heteroatoms. The minimum Gasteiger partial charge on any atom is -0.367 e. The molecule has 2 aromatic rings. The number of likely N-dealkylation sites (N-methyl/N-ethyl adjacent to an activating group) is 2. The number of amides is 1. The molecule has 0 aromatic heterocycles. The number of rotatable bonds is 9. The molecular weight excluding hydrogens is 450 g/mol. The van der Waals surface area contributed by atoms with Crippen LogP contribution < -0.4 is 14.9 Å². The number of benzene rings is 2. The van der Waals surface area contributed by atoms with Gasteiger partial charge in [0, 0.05) is 51.4 Å². The zero-order valence-electron chi connectivity index (χ0n) is 20.9. The van der Waals surface area contributed by atoms with E-state index in [-0.39, 0.29) is 10.8 Å². The number of hydrogen-bond acceptors (Lipinski definition) is 6. The van der Waals surface area contributed by atoms with E-state index in [0.717, 1.165) is 44.0 Å². The summed E-state index contributed by atoms with van der Waals surface area (Å²) in [7, 11) is 0.105. The number of carbonyl (C=O) groups is 1. The predicted molar refractivity (Wildman–Crippen MR) is 138 cm³/mol. The van der Waals surface area contributed by atoms with Crippen molar-refractivity contribution < 1.29 is 13.2 Å². The maximum atomic E-state index is 13.4. The maximum Gasteiger partial charge on any atom is 0.262 e. The van der Waals surface area contributed by atoms with Crippen LogP contribution in [0.2, 0.25) is 0 Å². The highest BCUT2D eigenvalue weighted by atomic mass is 32.2. The predicted octanol–water partition coefficient (Wildman–Crippen LogP) is 2.54. The number of aryl methyl sites for hydroxylation is 2. The Morgan fingerprint density at radius 2 is 1.76 bits per heavy atom. The Morgan fingerprint density at radius 3 is 2.41 bits per heavy atom. The van der Waals surface area contributed by atoms with Gasteiger partial charge in [0.05, 0.1) is 16.3 Å². The molecule has 0 spiro atoms. The zero-order chi connectivity index (χ0) is 24.9. The Hall–Kier alpha value is -2.62. The second-order valence-electron chi connectivity index (χ2n) is 9.03. The molecule has 3 rings (SSSR count). The second kappa shape index (κ2) is 11.2. The van der Waals surface area contributed by atoms with Crippen LogP contribution in [0.25, 0.3) is 0 Å². The van der Waals surface area contributed by atoms with E-state index in [1.807, 2.05) is 51.0 Å². The van der Waals surface area contributed by atoms with Crippen LogP contribution in [-0.4, -0.2) is 84.0 Å². The maximum absolute atomic E-state index is 13.4. The van der Waals surface area contributed by atoms with Crippen LogP contribution in [0.3, 0.4) is 0 Å². The van der Waals surface area contributed by atoms with Gasteiger partial charge in [-0.25, -0.2) is 8.42 Å². The molecule has 1 fully saturated rings. The quantitative estimate of drug-likeness (QED) is 0.566. The Morgan fingerprint density at radius 1 is 1.06 bits per heavy atom. The highest BCUT2D eigenvalue weighted by molar-refractivity contribution is 7.92. The minimum atomic E-state index is -3.84. The van der Waals surface area contributed by atoms with Gasteiger partial charge in [-0.2, -0.15) is 0 Å². The number of sulfonamides is 1. The highest BCUT2D eigenvalue weighted by Gasteiger charge is 2.24. The van der Waals surface area contributed by atoms with Gasteiger partial charge in [0.1, 0.15) is 0 Å². The molecule has 1 aliphatic heterocycles. The summed E-state index contributed by atoms with van der Waals surface area (Å²) < 4.78 is 29.6. The summed E-state index contributed by atoms with van der Waals surface area (Å²) in [5.74, 6) is -0.108. The third-order valence-corrected chi connectivity index (χ3v) is 7.57. The Balaban J connectivity index is 2.00. The molecule has 1 amide bonds. The number of nitrogens with zero attached hydrogens (tertiary/aromatic N) is 3. The summed E-state index contributed by atoms with van der Waals surface area (Å²) in [6, 6.07) is 10.7. The molecule has 34 heavy (non-hydrogen) atoms. The summed E-state index contributed by atoms with van der Waals surface area (Å²) in [5.41, 5.74) is 3.23. The van der Waals surface area contributed by atoms with E-state index in [4.69, 9.17) is 0 Å². The van der Waals surface area contributed by atoms with E-state index in [1.165, 1.54) is 0 Å². The van der Waals surface area contributed by atoms with Crippen LogP contribution in [0.15, 0.2) is 41.3 Å². The monoisotopic (exact) mass is 487 g/mol. The molecule has 0 atom stereocenters. The second-order valence-corrected chi connectivity index (χ2v) is 10.7. The van der Waals surface area contributed by atoms with E-state index < -0.39 is 10.0 Å². The molecule has 0 radical (unpaired) electrons. The topological polar surface area (TPSA) is 85.0 Å². The lowest BCUT2D eigenvalue weighted by Gasteiger charge is -2.31. The van der Waals surface area contributed by atoms with Crippen molar-refractivity contribution >= 4 is 27.3 Å². The molecule has 2 aromatic carbocycles. The van der Waals surface area contributed by atoms with Gasteiger partial charge in [-0.3, -0.25) is 9.52 Å². The highest BCUT2D eigenvalue weighted by Crippen LogP contribution is 2.31. The standard InChI is InChI=1S/C25H37N5O3S/c1-6-29(16-15-28(4)5)25(31)21-9-10-23(30-13-11-26-12-14-30)22(18-21)27-34(32,33)24-17-19(2)7-8-20(24)3/h7-10,17-18,26-27H,6,11-16H2,1-5H3. The normalized spacial score (nSPS) is 14.4. The summed E-state index contributed by atoms with van der Waals surface area (Å²) >= 11 is 0. The van der Waals surface area contributed by atoms with E-state index in [9.17, 15) is 13.2 Å². The Kier molecular flexibility index (Phi) is 8.57. The summed E-state index contributed by atoms with van der Waals surface area (Å²) in [5, 5.41) is 3.32. The van der Waals surface area contributed by atoms with Gasteiger partial charge in [-0.1, -0.05) is 12.1 Å². The first-order valence-electron chi connectivity index (χ1n) is 11.8. The van der Waals surface area contributed by atoms with Gasteiger partial charge in [0.25, 0.3) is 15.9 Å². The van der Waals surface area contributed by atoms with E-state index in [0.29, 0.717) is 29.9 Å². The van der Waals surface area contributed by atoms with Crippen molar-refractivity contribution in [1.82, 2.24) is 15.1 Å². The fourth-order valence-electron chi connectivity index (χ4n) is 4.04. The Bertz CT molecular complexity index is 1110. The summed E-state index contributed by atoms with van der Waals surface area (Å²) in [4.78, 5) is 19.5. The van der Waals surface area contributed by atoms with Crippen molar-refractivity contribution in [3.8, 4) is 0 Å². The van der Waals surface area contributed by atoms with Crippen molar-refractivity contribution in [3.05, 3.63) is 53.1 Å². The van der Waals surface area contributed by atoms with Gasteiger partial charge < -0.3 is 20.0 Å². The third-order valence-electron chi connectivity index (χ3n) is 6.06. The molecule has 1 aliphatic rings. The fourth-order valence-corrected chi connectivity index (χ4v) is 5.43. The van der Waals surface area contributed by atoms with Crippen molar-refractivity contribution in [2.75, 3.05) is 69.5 Å². The van der Waals surface area contributed by atoms with Crippen LogP contribution in [0.1, 0.15) is 28.4 Å². The smallest absolute Gasteiger partial charge is 0.262 e. The first kappa shape index (κ1) is 26.0. The number of piperazine rings is 1. The fraction of sp³-hybridized carbons (Fsp3) is 0.480. The molecular formula is C25H37N5O3S. The molecule has 1 saturated heterocycles. The van der Waals surface area contributed by atoms with E-state index in [1.54, 1.807) is 30.0 Å². The lowest BCUT2D eigenvalue weighted by Crippen LogP contribution is -2.44. The first-order valence-corrected chi connectivity index (χ1v) is 13.2. The number of nitrogens with one attached hydrogen (secondary N) is 2. The molecule has 8 nitrogen and oxygen atoms in total. The number of hydrogen-bond donors (Lipinski definition) is 2. The van der Waals surface area contributed by atoms with Crippen molar-refractivity contribution in [2.45, 2.75) is 25.7 Å². The first-order chi connectivity index (χ1) is 16.1. The summed E-state index contributed by atoms with van der Waals surface area (Å²) in [6.45, 7) is 10.7. The van der Waals surface area contributed by atoms with Crippen LogP contribution in [0.4, 0.5) is 11.4 Å². The lowest BCUT2D eigenvalue weighted by atomic mass is 10.1. The molecule has 1 heterocycles. The van der Waals surface area contributed by atoms with Crippen molar-refractivity contribution in [2.24, 2.45) is 0 Å². The van der Waals surface area contributed by atoms with Crippen molar-refractivity contribution in [3.63, 3.8) is 0 Å². The SMILES string of the molecule is CCN(CCN(C)C)C(=O)c1ccc(N2CCNCC2)c(NS(=O)(=O)c2cc(C)ccc2C)c1. The molecule has 0 saturated carbocycles. The average Bonchev–Trinajstić information content (AvgIpc) is 2.81. The van der Waals surface area contributed by atoms with E-state index >= 15 is 0 Å². The zero-order valence-corrected chi connectivity index (χ0v) is 21.7. The third kappa shape index (κ3) is 6.28.